The Labute approximate surface area is 173 Å². The minimum atomic E-state index is 0.558. The quantitative estimate of drug-likeness (QED) is 0.467. The van der Waals surface area contributed by atoms with Crippen LogP contribution in [-0.2, 0) is 19.6 Å². The summed E-state index contributed by atoms with van der Waals surface area (Å²) in [5, 5.41) is 17.9. The summed E-state index contributed by atoms with van der Waals surface area (Å²) in [5.74, 6) is 0. The molecule has 1 aliphatic rings. The van der Waals surface area contributed by atoms with E-state index in [0.717, 1.165) is 19.6 Å². The van der Waals surface area contributed by atoms with Crippen LogP contribution < -0.4 is 16.0 Å². The second kappa shape index (κ2) is 9.96. The number of rotatable bonds is 9. The van der Waals surface area contributed by atoms with E-state index in [4.69, 9.17) is 0 Å². The van der Waals surface area contributed by atoms with Crippen LogP contribution in [0.3, 0.4) is 0 Å². The Hall–Kier alpha value is -1.02. The summed E-state index contributed by atoms with van der Waals surface area (Å²) >= 11 is 5.52. The van der Waals surface area contributed by atoms with Gasteiger partial charge in [0.25, 0.3) is 0 Å². The fourth-order valence-corrected chi connectivity index (χ4v) is 5.76. The second-order valence-corrected chi connectivity index (χ2v) is 10.3. The molecule has 3 N–H and O–H groups in total. The monoisotopic (exact) mass is 417 g/mol. The second-order valence-electron chi connectivity index (χ2n) is 7.18. The molecule has 0 aliphatic heterocycles. The fourth-order valence-electron chi connectivity index (χ4n) is 3.79. The third kappa shape index (κ3) is 5.98. The summed E-state index contributed by atoms with van der Waals surface area (Å²) in [6.07, 6.45) is 3.61. The maximum atomic E-state index is 3.81. The molecule has 1 saturated carbocycles. The van der Waals surface area contributed by atoms with Crippen LogP contribution in [-0.4, -0.2) is 18.1 Å². The number of hydrogen-bond acceptors (Lipinski definition) is 6. The summed E-state index contributed by atoms with van der Waals surface area (Å²) in [6.45, 7) is 2.95. The van der Waals surface area contributed by atoms with E-state index in [0.29, 0.717) is 18.1 Å². The largest absolute Gasteiger partial charge is 0.309 e. The molecule has 27 heavy (non-hydrogen) atoms. The topological polar surface area (TPSA) is 36.1 Å². The molecule has 3 nitrogen and oxygen atoms in total. The molecule has 0 amide bonds. The van der Waals surface area contributed by atoms with Crippen molar-refractivity contribution >= 4 is 34.0 Å². The zero-order valence-electron chi connectivity index (χ0n) is 15.4. The van der Waals surface area contributed by atoms with E-state index < -0.39 is 0 Å². The standard InChI is InChI=1S/C21H27N3S3/c1-4-19(25-7-1)13-22-16-10-17(23-14-20-5-2-8-26-20)12-18(11-16)24-15-21-6-3-9-27-21/h1-9,16-18,22-24H,10-15H2. The van der Waals surface area contributed by atoms with Crippen LogP contribution in [0.15, 0.2) is 52.5 Å². The molecule has 144 valence electrons. The SMILES string of the molecule is c1csc(CNC2CC(NCc3cccs3)CC(NCc3cccs3)C2)c1. The lowest BCUT2D eigenvalue weighted by molar-refractivity contribution is 0.247. The van der Waals surface area contributed by atoms with Crippen LogP contribution in [0.25, 0.3) is 0 Å². The number of thiophene rings is 3. The van der Waals surface area contributed by atoms with Gasteiger partial charge in [0.05, 0.1) is 0 Å². The van der Waals surface area contributed by atoms with Gasteiger partial charge in [0, 0.05) is 52.4 Å². The highest BCUT2D eigenvalue weighted by atomic mass is 32.1. The van der Waals surface area contributed by atoms with E-state index in [-0.39, 0.29) is 0 Å². The zero-order valence-corrected chi connectivity index (χ0v) is 17.8. The normalized spacial score (nSPS) is 22.9. The fraction of sp³-hybridized carbons (Fsp3) is 0.429. The van der Waals surface area contributed by atoms with Crippen molar-refractivity contribution in [2.45, 2.75) is 57.0 Å². The smallest absolute Gasteiger partial charge is 0.0302 e. The third-order valence-corrected chi connectivity index (χ3v) is 7.77. The van der Waals surface area contributed by atoms with E-state index in [2.05, 4.69) is 68.5 Å². The van der Waals surface area contributed by atoms with Gasteiger partial charge in [-0.3, -0.25) is 0 Å². The Morgan fingerprint density at radius 3 is 1.19 bits per heavy atom. The molecule has 3 aromatic heterocycles. The predicted molar refractivity (Wildman–Crippen MR) is 119 cm³/mol. The van der Waals surface area contributed by atoms with Crippen LogP contribution >= 0.6 is 34.0 Å². The van der Waals surface area contributed by atoms with Gasteiger partial charge in [0.1, 0.15) is 0 Å². The van der Waals surface area contributed by atoms with Gasteiger partial charge >= 0.3 is 0 Å². The van der Waals surface area contributed by atoms with Crippen molar-refractivity contribution in [3.8, 4) is 0 Å². The molecular formula is C21H27N3S3. The minimum absolute atomic E-state index is 0.558. The average Bonchev–Trinajstić information content (AvgIpc) is 3.46. The third-order valence-electron chi connectivity index (χ3n) is 5.14. The molecule has 6 heteroatoms. The van der Waals surface area contributed by atoms with Gasteiger partial charge in [-0.15, -0.1) is 34.0 Å². The molecular weight excluding hydrogens is 390 g/mol. The number of hydrogen-bond donors (Lipinski definition) is 3. The maximum Gasteiger partial charge on any atom is 0.0302 e. The van der Waals surface area contributed by atoms with Gasteiger partial charge in [0.2, 0.25) is 0 Å². The summed E-state index contributed by atoms with van der Waals surface area (Å²) in [7, 11) is 0. The highest BCUT2D eigenvalue weighted by molar-refractivity contribution is 7.10. The summed E-state index contributed by atoms with van der Waals surface area (Å²) in [4.78, 5) is 4.27. The van der Waals surface area contributed by atoms with Crippen LogP contribution in [0.5, 0.6) is 0 Å². The van der Waals surface area contributed by atoms with Gasteiger partial charge in [-0.2, -0.15) is 0 Å². The molecule has 1 fully saturated rings. The molecule has 0 unspecified atom stereocenters. The van der Waals surface area contributed by atoms with Crippen molar-refractivity contribution in [2.24, 2.45) is 0 Å². The van der Waals surface area contributed by atoms with Gasteiger partial charge in [0.15, 0.2) is 0 Å². The molecule has 0 bridgehead atoms. The van der Waals surface area contributed by atoms with E-state index in [9.17, 15) is 0 Å². The Morgan fingerprint density at radius 1 is 0.593 bits per heavy atom. The first-order valence-electron chi connectivity index (χ1n) is 9.62. The first-order chi connectivity index (χ1) is 13.3. The summed E-state index contributed by atoms with van der Waals surface area (Å²) in [5.41, 5.74) is 0. The first-order valence-corrected chi connectivity index (χ1v) is 12.3. The van der Waals surface area contributed by atoms with E-state index >= 15 is 0 Å². The Bertz CT molecular complexity index is 642. The lowest BCUT2D eigenvalue weighted by Gasteiger charge is -2.36. The Balaban J connectivity index is 1.32. The highest BCUT2D eigenvalue weighted by Crippen LogP contribution is 2.22. The Morgan fingerprint density at radius 2 is 0.926 bits per heavy atom. The van der Waals surface area contributed by atoms with Crippen molar-refractivity contribution in [3.63, 3.8) is 0 Å². The first kappa shape index (κ1) is 19.3. The molecule has 1 aliphatic carbocycles. The van der Waals surface area contributed by atoms with E-state index in [1.54, 1.807) is 0 Å². The van der Waals surface area contributed by atoms with Gasteiger partial charge in [-0.25, -0.2) is 0 Å². The Kier molecular flexibility index (Phi) is 7.12. The van der Waals surface area contributed by atoms with Crippen molar-refractivity contribution in [1.82, 2.24) is 16.0 Å². The van der Waals surface area contributed by atoms with Crippen LogP contribution in [0.4, 0.5) is 0 Å². The minimum Gasteiger partial charge on any atom is -0.309 e. The van der Waals surface area contributed by atoms with Crippen LogP contribution in [0, 0.1) is 0 Å². The molecule has 0 spiro atoms. The molecule has 4 rings (SSSR count). The maximum absolute atomic E-state index is 3.81. The number of nitrogens with one attached hydrogen (secondary N) is 3. The molecule has 0 atom stereocenters. The zero-order chi connectivity index (χ0) is 18.3. The molecule has 0 saturated heterocycles. The van der Waals surface area contributed by atoms with Crippen molar-refractivity contribution in [2.75, 3.05) is 0 Å². The molecule has 3 heterocycles. The average molecular weight is 418 g/mol. The molecule has 0 aromatic carbocycles. The molecule has 3 aromatic rings. The van der Waals surface area contributed by atoms with Crippen LogP contribution in [0.2, 0.25) is 0 Å². The summed E-state index contributed by atoms with van der Waals surface area (Å²) < 4.78 is 0. The van der Waals surface area contributed by atoms with E-state index in [1.807, 2.05) is 34.0 Å². The highest BCUT2D eigenvalue weighted by Gasteiger charge is 2.28. The predicted octanol–water partition coefficient (Wildman–Crippen LogP) is 4.83. The van der Waals surface area contributed by atoms with Gasteiger partial charge in [-0.05, 0) is 53.6 Å². The van der Waals surface area contributed by atoms with Gasteiger partial charge in [-0.1, -0.05) is 18.2 Å². The lowest BCUT2D eigenvalue weighted by atomic mass is 9.86. The summed E-state index contributed by atoms with van der Waals surface area (Å²) in [6, 6.07) is 14.8. The van der Waals surface area contributed by atoms with Crippen molar-refractivity contribution in [1.29, 1.82) is 0 Å². The molecule has 0 radical (unpaired) electrons. The van der Waals surface area contributed by atoms with Crippen molar-refractivity contribution < 1.29 is 0 Å². The van der Waals surface area contributed by atoms with Gasteiger partial charge < -0.3 is 16.0 Å². The van der Waals surface area contributed by atoms with Crippen molar-refractivity contribution in [3.05, 3.63) is 67.2 Å². The van der Waals surface area contributed by atoms with Crippen LogP contribution in [0.1, 0.15) is 33.9 Å². The van der Waals surface area contributed by atoms with E-state index in [1.165, 1.54) is 33.9 Å². The lowest BCUT2D eigenvalue weighted by Crippen LogP contribution is -2.50.